The Balaban J connectivity index is 1.61. The van der Waals surface area contributed by atoms with E-state index in [-0.39, 0.29) is 0 Å². The highest BCUT2D eigenvalue weighted by Gasteiger charge is 2.19. The Kier molecular flexibility index (Phi) is 6.90. The lowest BCUT2D eigenvalue weighted by molar-refractivity contribution is 0.122. The van der Waals surface area contributed by atoms with Crippen LogP contribution in [0.15, 0.2) is 48.5 Å². The summed E-state index contributed by atoms with van der Waals surface area (Å²) in [5.41, 5.74) is 5.40. The predicted molar refractivity (Wildman–Crippen MR) is 142 cm³/mol. The van der Waals surface area contributed by atoms with Crippen molar-refractivity contribution in [3.63, 3.8) is 0 Å². The van der Waals surface area contributed by atoms with Gasteiger partial charge in [-0.05, 0) is 48.5 Å². The minimum absolute atomic E-state index is 0.536. The molecule has 0 unspecified atom stereocenters. The molecule has 0 radical (unpaired) electrons. The molecule has 1 fully saturated rings. The number of nitrogens with one attached hydrogen (secondary N) is 1. The largest absolute Gasteiger partial charge is 0.493 e. The maximum Gasteiger partial charge on any atom is 0.203 e. The first-order valence-electron chi connectivity index (χ1n) is 11.5. The lowest BCUT2D eigenvalue weighted by Gasteiger charge is -2.29. The van der Waals surface area contributed by atoms with E-state index in [1.807, 2.05) is 36.4 Å². The fourth-order valence-electron chi connectivity index (χ4n) is 4.24. The summed E-state index contributed by atoms with van der Waals surface area (Å²) in [7, 11) is 4.78. The molecule has 184 valence electrons. The number of hydrogen-bond acceptors (Lipinski definition) is 6. The second-order valence-electron chi connectivity index (χ2n) is 8.24. The summed E-state index contributed by atoms with van der Waals surface area (Å²) in [6.07, 6.45) is 0. The van der Waals surface area contributed by atoms with Gasteiger partial charge in [0.15, 0.2) is 11.5 Å². The molecule has 1 saturated heterocycles. The monoisotopic (exact) mass is 503 g/mol. The predicted octanol–water partition coefficient (Wildman–Crippen LogP) is 5.15. The van der Waals surface area contributed by atoms with Gasteiger partial charge < -0.3 is 28.8 Å². The van der Waals surface area contributed by atoms with Gasteiger partial charge in [-0.2, -0.15) is 0 Å². The Labute approximate surface area is 214 Å². The van der Waals surface area contributed by atoms with E-state index >= 15 is 0 Å². The Bertz CT molecular complexity index is 1420. The number of aromatic nitrogens is 2. The van der Waals surface area contributed by atoms with E-state index < -0.39 is 0 Å². The van der Waals surface area contributed by atoms with Gasteiger partial charge in [-0.3, -0.25) is 0 Å². The van der Waals surface area contributed by atoms with Crippen LogP contribution in [-0.4, -0.2) is 57.6 Å². The zero-order valence-corrected chi connectivity index (χ0v) is 21.1. The highest BCUT2D eigenvalue weighted by molar-refractivity contribution is 6.30. The van der Waals surface area contributed by atoms with E-state index in [2.05, 4.69) is 33.9 Å². The van der Waals surface area contributed by atoms with Crippen LogP contribution in [0.1, 0.15) is 11.1 Å². The van der Waals surface area contributed by atoms with Crippen molar-refractivity contribution in [3.05, 3.63) is 64.7 Å². The van der Waals surface area contributed by atoms with Crippen molar-refractivity contribution in [2.75, 3.05) is 52.5 Å². The van der Waals surface area contributed by atoms with Crippen LogP contribution in [0, 0.1) is 11.8 Å². The van der Waals surface area contributed by atoms with Crippen molar-refractivity contribution < 1.29 is 18.9 Å². The highest BCUT2D eigenvalue weighted by atomic mass is 35.5. The van der Waals surface area contributed by atoms with Crippen molar-refractivity contribution in [2.24, 2.45) is 0 Å². The molecule has 1 aliphatic heterocycles. The van der Waals surface area contributed by atoms with Gasteiger partial charge in [-0.25, -0.2) is 4.98 Å². The molecule has 1 aliphatic rings. The minimum Gasteiger partial charge on any atom is -0.493 e. The molecule has 7 nitrogen and oxygen atoms in total. The Hall–Kier alpha value is -3.86. The smallest absolute Gasteiger partial charge is 0.203 e. The quantitative estimate of drug-likeness (QED) is 0.380. The summed E-state index contributed by atoms with van der Waals surface area (Å²) in [6.45, 7) is 2.95. The molecule has 0 atom stereocenters. The number of fused-ring (bicyclic) bond motifs is 1. The van der Waals surface area contributed by atoms with Gasteiger partial charge in [0.2, 0.25) is 5.75 Å². The Morgan fingerprint density at radius 2 is 1.61 bits per heavy atom. The number of benzene rings is 3. The molecule has 2 heterocycles. The fourth-order valence-corrected chi connectivity index (χ4v) is 4.37. The maximum absolute atomic E-state index is 6.03. The number of rotatable bonds is 5. The van der Waals surface area contributed by atoms with Crippen molar-refractivity contribution in [2.45, 2.75) is 0 Å². The molecule has 3 aromatic carbocycles. The average Bonchev–Trinajstić information content (AvgIpc) is 3.35. The van der Waals surface area contributed by atoms with Gasteiger partial charge >= 0.3 is 0 Å². The third-order valence-electron chi connectivity index (χ3n) is 6.08. The van der Waals surface area contributed by atoms with E-state index in [4.69, 9.17) is 35.5 Å². The van der Waals surface area contributed by atoms with Gasteiger partial charge in [0.05, 0.1) is 56.8 Å². The molecule has 8 heteroatoms. The van der Waals surface area contributed by atoms with Gasteiger partial charge in [0.25, 0.3) is 0 Å². The van der Waals surface area contributed by atoms with Crippen LogP contribution in [0.2, 0.25) is 5.02 Å². The molecule has 0 spiro atoms. The maximum atomic E-state index is 6.03. The first-order chi connectivity index (χ1) is 17.6. The Morgan fingerprint density at radius 1 is 0.917 bits per heavy atom. The van der Waals surface area contributed by atoms with Crippen LogP contribution >= 0.6 is 11.6 Å². The summed E-state index contributed by atoms with van der Waals surface area (Å²) in [5.74, 6) is 8.99. The van der Waals surface area contributed by atoms with Crippen molar-refractivity contribution in [3.8, 4) is 40.5 Å². The fraction of sp³-hybridized carbons (Fsp3) is 0.250. The number of morpholine rings is 1. The molecule has 5 rings (SSSR count). The van der Waals surface area contributed by atoms with Crippen molar-refractivity contribution >= 4 is 28.3 Å². The SMILES string of the molecule is COc1cc(-c2nc3cc(N4CCOCC4)c(C#Cc4ccc(Cl)cc4)cc3[nH]2)cc(OC)c1OC. The number of aromatic amines is 1. The topological polar surface area (TPSA) is 68.8 Å². The summed E-state index contributed by atoms with van der Waals surface area (Å²) < 4.78 is 22.1. The molecule has 0 saturated carbocycles. The highest BCUT2D eigenvalue weighted by Crippen LogP contribution is 2.41. The summed E-state index contributed by atoms with van der Waals surface area (Å²) in [4.78, 5) is 10.6. The summed E-state index contributed by atoms with van der Waals surface area (Å²) in [6, 6.07) is 15.4. The number of halogens is 1. The van der Waals surface area contributed by atoms with E-state index in [1.165, 1.54) is 0 Å². The summed E-state index contributed by atoms with van der Waals surface area (Å²) >= 11 is 6.03. The normalized spacial score (nSPS) is 13.3. The lowest BCUT2D eigenvalue weighted by Crippen LogP contribution is -2.36. The van der Waals surface area contributed by atoms with Crippen LogP contribution in [0.3, 0.4) is 0 Å². The molecule has 1 aromatic heterocycles. The number of methoxy groups -OCH3 is 3. The Morgan fingerprint density at radius 3 is 2.25 bits per heavy atom. The van der Waals surface area contributed by atoms with Gasteiger partial charge in [0, 0.05) is 29.2 Å². The number of nitrogens with zero attached hydrogens (tertiary/aromatic N) is 2. The van der Waals surface area contributed by atoms with Crippen LogP contribution in [-0.2, 0) is 4.74 Å². The average molecular weight is 504 g/mol. The molecule has 0 aliphatic carbocycles. The molecule has 4 aromatic rings. The zero-order chi connectivity index (χ0) is 25.1. The molecule has 36 heavy (non-hydrogen) atoms. The molecular formula is C28H26ClN3O4. The number of ether oxygens (including phenoxy) is 4. The third-order valence-corrected chi connectivity index (χ3v) is 6.33. The molecule has 0 amide bonds. The van der Waals surface area contributed by atoms with Crippen molar-refractivity contribution in [1.82, 2.24) is 9.97 Å². The molecular weight excluding hydrogens is 478 g/mol. The van der Waals surface area contributed by atoms with E-state index in [0.29, 0.717) is 41.3 Å². The minimum atomic E-state index is 0.536. The first kappa shape index (κ1) is 23.9. The number of H-pyrrole nitrogens is 1. The van der Waals surface area contributed by atoms with Gasteiger partial charge in [-0.1, -0.05) is 23.4 Å². The van der Waals surface area contributed by atoms with Crippen molar-refractivity contribution in [1.29, 1.82) is 0 Å². The van der Waals surface area contributed by atoms with Gasteiger partial charge in [0.1, 0.15) is 5.82 Å². The number of hydrogen-bond donors (Lipinski definition) is 1. The van der Waals surface area contributed by atoms with E-state index in [0.717, 1.165) is 46.5 Å². The van der Waals surface area contributed by atoms with E-state index in [1.54, 1.807) is 21.3 Å². The van der Waals surface area contributed by atoms with Gasteiger partial charge in [-0.15, -0.1) is 0 Å². The third kappa shape index (κ3) is 4.78. The number of imidazole rings is 1. The van der Waals surface area contributed by atoms with Crippen LogP contribution in [0.25, 0.3) is 22.4 Å². The summed E-state index contributed by atoms with van der Waals surface area (Å²) in [5, 5.41) is 0.688. The molecule has 0 bridgehead atoms. The van der Waals surface area contributed by atoms with E-state index in [9.17, 15) is 0 Å². The van der Waals surface area contributed by atoms with Crippen LogP contribution in [0.5, 0.6) is 17.2 Å². The second-order valence-corrected chi connectivity index (χ2v) is 8.68. The first-order valence-corrected chi connectivity index (χ1v) is 11.9. The standard InChI is InChI=1S/C28H26ClN3O4/c1-33-25-15-20(16-26(34-2)27(25)35-3)28-30-22-14-19(7-4-18-5-8-21(29)9-6-18)24(17-23(22)31-28)32-10-12-36-13-11-32/h5-6,8-9,14-17H,10-13H2,1-3H3,(H,30,31). The lowest BCUT2D eigenvalue weighted by atomic mass is 10.1. The van der Waals surface area contributed by atoms with Crippen LogP contribution < -0.4 is 19.1 Å². The second kappa shape index (κ2) is 10.4. The number of anilines is 1. The zero-order valence-electron chi connectivity index (χ0n) is 20.4. The van der Waals surface area contributed by atoms with Crippen LogP contribution in [0.4, 0.5) is 5.69 Å². The molecule has 1 N–H and O–H groups in total.